The van der Waals surface area contributed by atoms with Gasteiger partial charge in [-0.3, -0.25) is 4.79 Å². The van der Waals surface area contributed by atoms with Crippen LogP contribution in [0.5, 0.6) is 0 Å². The topological polar surface area (TPSA) is 60.9 Å². The number of hydrogen-bond acceptors (Lipinski definition) is 2. The molecule has 1 saturated carbocycles. The van der Waals surface area contributed by atoms with Crippen LogP contribution in [0.4, 0.5) is 4.79 Å². The van der Waals surface area contributed by atoms with Crippen molar-refractivity contribution >= 4 is 12.0 Å². The lowest BCUT2D eigenvalue weighted by molar-refractivity contribution is -0.137. The van der Waals surface area contributed by atoms with Crippen molar-refractivity contribution in [2.45, 2.75) is 25.7 Å². The molecule has 0 aromatic rings. The number of rotatable bonds is 4. The quantitative estimate of drug-likeness (QED) is 0.787. The molecule has 92 valence electrons. The number of urea groups is 1. The molecular formula is C11H20N2O3. The number of carboxylic acids is 1. The Morgan fingerprint density at radius 1 is 1.19 bits per heavy atom. The molecule has 0 aliphatic heterocycles. The summed E-state index contributed by atoms with van der Waals surface area (Å²) in [6, 6.07) is -0.214. The molecule has 5 nitrogen and oxygen atoms in total. The summed E-state index contributed by atoms with van der Waals surface area (Å²) in [6.45, 7) is 0.497. The number of hydrogen-bond donors (Lipinski definition) is 1. The summed E-state index contributed by atoms with van der Waals surface area (Å²) in [4.78, 5) is 25.1. The van der Waals surface area contributed by atoms with E-state index in [0.29, 0.717) is 5.92 Å². The van der Waals surface area contributed by atoms with Crippen molar-refractivity contribution in [3.63, 3.8) is 0 Å². The van der Waals surface area contributed by atoms with E-state index in [-0.39, 0.29) is 12.6 Å². The maximum Gasteiger partial charge on any atom is 0.323 e. The second kappa shape index (κ2) is 5.72. The molecule has 0 unspecified atom stereocenters. The number of carbonyl (C=O) groups excluding carboxylic acids is 1. The van der Waals surface area contributed by atoms with Gasteiger partial charge in [0.05, 0.1) is 0 Å². The lowest BCUT2D eigenvalue weighted by Gasteiger charge is -2.25. The fraction of sp³-hybridized carbons (Fsp3) is 0.818. The van der Waals surface area contributed by atoms with E-state index in [2.05, 4.69) is 0 Å². The molecule has 1 fully saturated rings. The van der Waals surface area contributed by atoms with Crippen LogP contribution in [0.15, 0.2) is 0 Å². The average molecular weight is 228 g/mol. The molecule has 0 saturated heterocycles. The normalized spacial score (nSPS) is 16.1. The molecule has 1 aliphatic rings. The van der Waals surface area contributed by atoms with Crippen molar-refractivity contribution < 1.29 is 14.7 Å². The molecule has 1 rings (SSSR count). The first-order valence-corrected chi connectivity index (χ1v) is 5.68. The van der Waals surface area contributed by atoms with E-state index in [1.165, 1.54) is 37.6 Å². The van der Waals surface area contributed by atoms with Crippen molar-refractivity contribution in [2.24, 2.45) is 5.92 Å². The predicted octanol–water partition coefficient (Wildman–Crippen LogP) is 1.24. The number of amides is 2. The highest BCUT2D eigenvalue weighted by atomic mass is 16.4. The number of aliphatic carboxylic acids is 1. The summed E-state index contributed by atoms with van der Waals surface area (Å²) < 4.78 is 0. The Labute approximate surface area is 96.0 Å². The molecule has 0 aromatic carbocycles. The third-order valence-electron chi connectivity index (χ3n) is 3.03. The smallest absolute Gasteiger partial charge is 0.323 e. The van der Waals surface area contributed by atoms with E-state index in [9.17, 15) is 9.59 Å². The minimum atomic E-state index is -0.981. The maximum atomic E-state index is 11.8. The second-order valence-corrected chi connectivity index (χ2v) is 4.56. The van der Waals surface area contributed by atoms with Gasteiger partial charge in [0.2, 0.25) is 0 Å². The van der Waals surface area contributed by atoms with E-state index >= 15 is 0 Å². The van der Waals surface area contributed by atoms with Crippen molar-refractivity contribution in [1.29, 1.82) is 0 Å². The Hall–Kier alpha value is -1.26. The van der Waals surface area contributed by atoms with Crippen LogP contribution in [0.3, 0.4) is 0 Å². The Kier molecular flexibility index (Phi) is 4.58. The zero-order valence-electron chi connectivity index (χ0n) is 9.98. The van der Waals surface area contributed by atoms with Crippen LogP contribution >= 0.6 is 0 Å². The zero-order valence-corrected chi connectivity index (χ0v) is 9.98. The van der Waals surface area contributed by atoms with Crippen LogP contribution in [-0.4, -0.2) is 54.1 Å². The van der Waals surface area contributed by atoms with Gasteiger partial charge in [0.25, 0.3) is 0 Å². The summed E-state index contributed by atoms with van der Waals surface area (Å²) in [5.41, 5.74) is 0. The molecule has 1 aliphatic carbocycles. The molecule has 0 aromatic heterocycles. The van der Waals surface area contributed by atoms with Crippen LogP contribution in [0.1, 0.15) is 25.7 Å². The summed E-state index contributed by atoms with van der Waals surface area (Å²) in [7, 11) is 3.25. The van der Waals surface area contributed by atoms with Gasteiger partial charge < -0.3 is 14.9 Å². The molecule has 0 radical (unpaired) electrons. The fourth-order valence-corrected chi connectivity index (χ4v) is 2.22. The first-order chi connectivity index (χ1) is 7.50. The van der Waals surface area contributed by atoms with Crippen LogP contribution in [0.25, 0.3) is 0 Å². The standard InChI is InChI=1S/C11H20N2O3/c1-12(7-9-5-3-4-6-9)11(16)13(2)8-10(14)15/h9H,3-8H2,1-2H3,(H,14,15). The van der Waals surface area contributed by atoms with Crippen molar-refractivity contribution in [3.05, 3.63) is 0 Å². The lowest BCUT2D eigenvalue weighted by atomic mass is 10.1. The van der Waals surface area contributed by atoms with E-state index in [1.54, 1.807) is 11.9 Å². The van der Waals surface area contributed by atoms with Gasteiger partial charge in [-0.15, -0.1) is 0 Å². The van der Waals surface area contributed by atoms with Crippen LogP contribution in [0, 0.1) is 5.92 Å². The molecule has 0 atom stereocenters. The SMILES string of the molecule is CN(CC(=O)O)C(=O)N(C)CC1CCCC1. The fourth-order valence-electron chi connectivity index (χ4n) is 2.22. The average Bonchev–Trinajstić information content (AvgIpc) is 2.68. The first-order valence-electron chi connectivity index (χ1n) is 5.68. The monoisotopic (exact) mass is 228 g/mol. The number of likely N-dealkylation sites (N-methyl/N-ethyl adjacent to an activating group) is 1. The first kappa shape index (κ1) is 12.8. The molecule has 16 heavy (non-hydrogen) atoms. The van der Waals surface area contributed by atoms with Crippen LogP contribution < -0.4 is 0 Å². The van der Waals surface area contributed by atoms with E-state index < -0.39 is 5.97 Å². The van der Waals surface area contributed by atoms with Gasteiger partial charge in [0.15, 0.2) is 0 Å². The highest BCUT2D eigenvalue weighted by Crippen LogP contribution is 2.25. The Morgan fingerprint density at radius 2 is 1.75 bits per heavy atom. The van der Waals surface area contributed by atoms with Crippen molar-refractivity contribution in [3.8, 4) is 0 Å². The van der Waals surface area contributed by atoms with Gasteiger partial charge in [-0.2, -0.15) is 0 Å². The summed E-state index contributed by atoms with van der Waals surface area (Å²) in [5, 5.41) is 8.59. The molecule has 2 amide bonds. The number of nitrogens with zero attached hydrogens (tertiary/aromatic N) is 2. The minimum absolute atomic E-state index is 0.214. The molecular weight excluding hydrogens is 208 g/mol. The van der Waals surface area contributed by atoms with Gasteiger partial charge in [0, 0.05) is 20.6 Å². The van der Waals surface area contributed by atoms with E-state index in [4.69, 9.17) is 5.11 Å². The Morgan fingerprint density at radius 3 is 2.25 bits per heavy atom. The Balaban J connectivity index is 2.36. The largest absolute Gasteiger partial charge is 0.480 e. The van der Waals surface area contributed by atoms with Gasteiger partial charge in [-0.25, -0.2) is 4.79 Å². The molecule has 1 N–H and O–H groups in total. The summed E-state index contributed by atoms with van der Waals surface area (Å²) in [5.74, 6) is -0.391. The zero-order chi connectivity index (χ0) is 12.1. The van der Waals surface area contributed by atoms with Crippen LogP contribution in [0.2, 0.25) is 0 Å². The molecule has 0 bridgehead atoms. The van der Waals surface area contributed by atoms with Crippen molar-refractivity contribution in [1.82, 2.24) is 9.80 Å². The molecule has 0 heterocycles. The van der Waals surface area contributed by atoms with Gasteiger partial charge in [0.1, 0.15) is 6.54 Å². The Bertz CT molecular complexity index is 262. The molecule has 0 spiro atoms. The third kappa shape index (κ3) is 3.72. The van der Waals surface area contributed by atoms with Gasteiger partial charge >= 0.3 is 12.0 Å². The van der Waals surface area contributed by atoms with Gasteiger partial charge in [-0.1, -0.05) is 12.8 Å². The van der Waals surface area contributed by atoms with Crippen LogP contribution in [-0.2, 0) is 4.79 Å². The summed E-state index contributed by atoms with van der Waals surface area (Å²) >= 11 is 0. The maximum absolute atomic E-state index is 11.8. The molecule has 5 heteroatoms. The van der Waals surface area contributed by atoms with Crippen molar-refractivity contribution in [2.75, 3.05) is 27.2 Å². The second-order valence-electron chi connectivity index (χ2n) is 4.56. The third-order valence-corrected chi connectivity index (χ3v) is 3.03. The number of carbonyl (C=O) groups is 2. The van der Waals surface area contributed by atoms with Gasteiger partial charge in [-0.05, 0) is 18.8 Å². The summed E-state index contributed by atoms with van der Waals surface area (Å²) in [6.07, 6.45) is 4.86. The van der Waals surface area contributed by atoms with E-state index in [0.717, 1.165) is 6.54 Å². The minimum Gasteiger partial charge on any atom is -0.480 e. The lowest BCUT2D eigenvalue weighted by Crippen LogP contribution is -2.42. The van der Waals surface area contributed by atoms with E-state index in [1.807, 2.05) is 0 Å². The predicted molar refractivity (Wildman–Crippen MR) is 60.2 cm³/mol. The number of carboxylic acid groups (broad SMARTS) is 1. The highest BCUT2D eigenvalue weighted by Gasteiger charge is 2.21. The highest BCUT2D eigenvalue weighted by molar-refractivity contribution is 5.79.